The van der Waals surface area contributed by atoms with E-state index in [2.05, 4.69) is 5.32 Å². The van der Waals surface area contributed by atoms with Crippen molar-refractivity contribution >= 4 is 0 Å². The van der Waals surface area contributed by atoms with Crippen LogP contribution in [0.3, 0.4) is 0 Å². The summed E-state index contributed by atoms with van der Waals surface area (Å²) in [5.74, 6) is 0. The van der Waals surface area contributed by atoms with Gasteiger partial charge in [0.15, 0.2) is 0 Å². The van der Waals surface area contributed by atoms with Crippen molar-refractivity contribution in [2.24, 2.45) is 0 Å². The highest BCUT2D eigenvalue weighted by Crippen LogP contribution is 2.20. The molecule has 0 amide bonds. The van der Waals surface area contributed by atoms with Gasteiger partial charge in [0.1, 0.15) is 0 Å². The maximum Gasteiger partial charge on any atom is 0.389 e. The number of methoxy groups -OCH3 is 1. The third-order valence-corrected chi connectivity index (χ3v) is 2.02. The van der Waals surface area contributed by atoms with Crippen LogP contribution >= 0.6 is 0 Å². The molecule has 0 saturated carbocycles. The molecule has 0 rings (SSSR count). The first-order valence-corrected chi connectivity index (χ1v) is 5.32. The molecule has 0 aromatic carbocycles. The van der Waals surface area contributed by atoms with Crippen LogP contribution in [0, 0.1) is 0 Å². The zero-order chi connectivity index (χ0) is 11.6. The average molecular weight is 227 g/mol. The highest BCUT2D eigenvalue weighted by molar-refractivity contribution is 4.54. The molecule has 0 aliphatic rings. The Morgan fingerprint density at radius 1 is 1.00 bits per heavy atom. The zero-order valence-electron chi connectivity index (χ0n) is 9.20. The fourth-order valence-corrected chi connectivity index (χ4v) is 1.21. The Labute approximate surface area is 89.2 Å². The number of nitrogens with one attached hydrogen (secondary N) is 1. The molecule has 2 nitrogen and oxygen atoms in total. The topological polar surface area (TPSA) is 21.3 Å². The Hall–Kier alpha value is -0.290. The van der Waals surface area contributed by atoms with Crippen LogP contribution in [0.1, 0.15) is 32.1 Å². The van der Waals surface area contributed by atoms with Gasteiger partial charge in [-0.15, -0.1) is 0 Å². The second-order valence-corrected chi connectivity index (χ2v) is 3.52. The summed E-state index contributed by atoms with van der Waals surface area (Å²) in [6.45, 7) is 2.00. The third kappa shape index (κ3) is 13.7. The molecule has 0 saturated heterocycles. The summed E-state index contributed by atoms with van der Waals surface area (Å²) in [5, 5.41) is 2.99. The highest BCUT2D eigenvalue weighted by Gasteiger charge is 2.25. The van der Waals surface area contributed by atoms with Crippen LogP contribution in [0.4, 0.5) is 13.2 Å². The maximum atomic E-state index is 11.7. The molecule has 1 N–H and O–H groups in total. The summed E-state index contributed by atoms with van der Waals surface area (Å²) < 4.78 is 40.1. The van der Waals surface area contributed by atoms with Gasteiger partial charge >= 0.3 is 6.18 Å². The van der Waals surface area contributed by atoms with Gasteiger partial charge in [0.05, 0.1) is 0 Å². The normalized spacial score (nSPS) is 12.0. The van der Waals surface area contributed by atoms with Crippen LogP contribution in [0.15, 0.2) is 0 Å². The Morgan fingerprint density at radius 3 is 2.27 bits per heavy atom. The van der Waals surface area contributed by atoms with Gasteiger partial charge in [-0.1, -0.05) is 0 Å². The fraction of sp³-hybridized carbons (Fsp3) is 1.00. The van der Waals surface area contributed by atoms with Crippen LogP contribution in [-0.2, 0) is 4.74 Å². The predicted molar refractivity (Wildman–Crippen MR) is 53.9 cm³/mol. The lowest BCUT2D eigenvalue weighted by Gasteiger charge is -2.07. The van der Waals surface area contributed by atoms with Crippen LogP contribution in [-0.4, -0.2) is 33.0 Å². The minimum absolute atomic E-state index is 0.168. The lowest BCUT2D eigenvalue weighted by Crippen LogP contribution is -2.19. The van der Waals surface area contributed by atoms with Gasteiger partial charge in [-0.05, 0) is 38.8 Å². The van der Waals surface area contributed by atoms with E-state index in [1.165, 1.54) is 0 Å². The number of unbranched alkanes of at least 4 members (excludes halogenated alkanes) is 2. The van der Waals surface area contributed by atoms with Crippen molar-refractivity contribution in [1.82, 2.24) is 5.32 Å². The van der Waals surface area contributed by atoms with E-state index in [1.807, 2.05) is 0 Å². The Bertz CT molecular complexity index is 139. The lowest BCUT2D eigenvalue weighted by molar-refractivity contribution is -0.135. The van der Waals surface area contributed by atoms with E-state index in [4.69, 9.17) is 4.74 Å². The van der Waals surface area contributed by atoms with Gasteiger partial charge in [-0.2, -0.15) is 13.2 Å². The van der Waals surface area contributed by atoms with Crippen molar-refractivity contribution in [2.45, 2.75) is 38.3 Å². The summed E-state index contributed by atoms with van der Waals surface area (Å²) in [7, 11) is 1.66. The largest absolute Gasteiger partial charge is 0.389 e. The van der Waals surface area contributed by atoms with E-state index >= 15 is 0 Å². The molecule has 0 spiro atoms. The average Bonchev–Trinajstić information content (AvgIpc) is 2.14. The Morgan fingerprint density at radius 2 is 1.67 bits per heavy atom. The molecule has 0 unspecified atom stereocenters. The van der Waals surface area contributed by atoms with E-state index < -0.39 is 12.6 Å². The quantitative estimate of drug-likeness (QED) is 0.611. The molecule has 0 aromatic heterocycles. The van der Waals surface area contributed by atoms with Gasteiger partial charge in [0.25, 0.3) is 0 Å². The van der Waals surface area contributed by atoms with Crippen molar-refractivity contribution in [3.05, 3.63) is 0 Å². The van der Waals surface area contributed by atoms with Crippen molar-refractivity contribution in [3.8, 4) is 0 Å². The van der Waals surface area contributed by atoms with Crippen molar-refractivity contribution in [2.75, 3.05) is 26.8 Å². The van der Waals surface area contributed by atoms with Gasteiger partial charge in [0.2, 0.25) is 0 Å². The molecule has 0 atom stereocenters. The number of rotatable bonds is 9. The molecule has 15 heavy (non-hydrogen) atoms. The molecule has 0 aliphatic carbocycles. The summed E-state index contributed by atoms with van der Waals surface area (Å²) in [6, 6.07) is 0. The first kappa shape index (κ1) is 14.7. The summed E-state index contributed by atoms with van der Waals surface area (Å²) in [5.41, 5.74) is 0. The van der Waals surface area contributed by atoms with Gasteiger partial charge < -0.3 is 10.1 Å². The van der Waals surface area contributed by atoms with Crippen LogP contribution in [0.25, 0.3) is 0 Å². The minimum Gasteiger partial charge on any atom is -0.385 e. The number of alkyl halides is 3. The summed E-state index contributed by atoms with van der Waals surface area (Å²) in [4.78, 5) is 0. The minimum atomic E-state index is -4.01. The molecule has 92 valence electrons. The SMILES string of the molecule is COCCCCCNCCCC(F)(F)F. The second-order valence-electron chi connectivity index (χ2n) is 3.52. The van der Waals surface area contributed by atoms with Crippen LogP contribution in [0.2, 0.25) is 0 Å². The molecule has 5 heteroatoms. The fourth-order valence-electron chi connectivity index (χ4n) is 1.21. The summed E-state index contributed by atoms with van der Waals surface area (Å²) >= 11 is 0. The van der Waals surface area contributed by atoms with Crippen molar-refractivity contribution in [3.63, 3.8) is 0 Å². The van der Waals surface area contributed by atoms with Crippen LogP contribution in [0.5, 0.6) is 0 Å². The molecule has 0 fully saturated rings. The van der Waals surface area contributed by atoms with Crippen LogP contribution < -0.4 is 5.32 Å². The highest BCUT2D eigenvalue weighted by atomic mass is 19.4. The van der Waals surface area contributed by atoms with E-state index in [0.717, 1.165) is 32.4 Å². The molecular weight excluding hydrogens is 207 g/mol. The van der Waals surface area contributed by atoms with Gasteiger partial charge in [-0.25, -0.2) is 0 Å². The summed E-state index contributed by atoms with van der Waals surface area (Å²) in [6.07, 6.45) is -1.47. The maximum absolute atomic E-state index is 11.7. The Kier molecular flexibility index (Phi) is 8.80. The van der Waals surface area contributed by atoms with E-state index in [-0.39, 0.29) is 6.42 Å². The number of halogens is 3. The van der Waals surface area contributed by atoms with E-state index in [1.54, 1.807) is 7.11 Å². The lowest BCUT2D eigenvalue weighted by atomic mass is 10.2. The molecule has 0 radical (unpaired) electrons. The number of ether oxygens (including phenoxy) is 1. The monoisotopic (exact) mass is 227 g/mol. The molecule has 0 aliphatic heterocycles. The number of hydrogen-bond acceptors (Lipinski definition) is 2. The molecule has 0 aromatic rings. The van der Waals surface area contributed by atoms with E-state index in [9.17, 15) is 13.2 Å². The Balaban J connectivity index is 2.99. The third-order valence-electron chi connectivity index (χ3n) is 2.02. The first-order chi connectivity index (χ1) is 7.06. The standard InChI is InChI=1S/C10H20F3NO/c1-15-9-4-2-3-7-14-8-5-6-10(11,12)13/h14H,2-9H2,1H3. The van der Waals surface area contributed by atoms with Gasteiger partial charge in [0, 0.05) is 20.1 Å². The van der Waals surface area contributed by atoms with E-state index in [0.29, 0.717) is 6.54 Å². The molecular formula is C10H20F3NO. The second kappa shape index (κ2) is 8.97. The number of hydrogen-bond donors (Lipinski definition) is 1. The van der Waals surface area contributed by atoms with Crippen molar-refractivity contribution < 1.29 is 17.9 Å². The predicted octanol–water partition coefficient (Wildman–Crippen LogP) is 2.74. The first-order valence-electron chi connectivity index (χ1n) is 5.32. The zero-order valence-corrected chi connectivity index (χ0v) is 9.20. The molecule has 0 heterocycles. The van der Waals surface area contributed by atoms with Gasteiger partial charge in [-0.3, -0.25) is 0 Å². The van der Waals surface area contributed by atoms with Crippen molar-refractivity contribution in [1.29, 1.82) is 0 Å². The smallest absolute Gasteiger partial charge is 0.385 e. The molecule has 0 bridgehead atoms.